The molecule has 5 aliphatic rings. The average Bonchev–Trinajstić information content (AvgIpc) is 2.80. The first-order chi connectivity index (χ1) is 15.2. The zero-order valence-corrected chi connectivity index (χ0v) is 19.0. The van der Waals surface area contributed by atoms with Gasteiger partial charge in [-0.15, -0.1) is 0 Å². The van der Waals surface area contributed by atoms with Gasteiger partial charge in [0.1, 0.15) is 5.75 Å². The minimum atomic E-state index is -0.496. The zero-order valence-electron chi connectivity index (χ0n) is 19.0. The van der Waals surface area contributed by atoms with E-state index in [1.54, 1.807) is 0 Å². The van der Waals surface area contributed by atoms with Crippen molar-refractivity contribution in [3.05, 3.63) is 29.8 Å². The monoisotopic (exact) mass is 429 g/mol. The van der Waals surface area contributed by atoms with E-state index in [0.29, 0.717) is 30.9 Å². The Morgan fingerprint density at radius 1 is 0.903 bits per heavy atom. The van der Waals surface area contributed by atoms with Crippen LogP contribution in [-0.2, 0) is 14.5 Å². The van der Waals surface area contributed by atoms with Gasteiger partial charge < -0.3 is 15.2 Å². The van der Waals surface area contributed by atoms with Crippen LogP contribution in [0.3, 0.4) is 0 Å². The molecule has 0 spiro atoms. The van der Waals surface area contributed by atoms with E-state index >= 15 is 0 Å². The van der Waals surface area contributed by atoms with Crippen molar-refractivity contribution in [1.29, 1.82) is 0 Å². The van der Waals surface area contributed by atoms with Gasteiger partial charge in [0.2, 0.25) is 5.79 Å². The molecular weight excluding hydrogens is 390 g/mol. The molecule has 0 unspecified atom stereocenters. The van der Waals surface area contributed by atoms with E-state index in [9.17, 15) is 0 Å². The predicted octanol–water partition coefficient (Wildman–Crippen LogP) is 5.19. The summed E-state index contributed by atoms with van der Waals surface area (Å²) in [5.74, 6) is 3.83. The number of ether oxygens (including phenoxy) is 2. The van der Waals surface area contributed by atoms with Crippen LogP contribution in [0.15, 0.2) is 24.3 Å². The van der Waals surface area contributed by atoms with Crippen LogP contribution >= 0.6 is 0 Å². The highest BCUT2D eigenvalue weighted by Crippen LogP contribution is 2.60. The number of hydrogen-bond acceptors (Lipinski definition) is 5. The van der Waals surface area contributed by atoms with Crippen molar-refractivity contribution in [2.24, 2.45) is 29.4 Å². The molecule has 4 bridgehead atoms. The molecule has 5 aliphatic carbocycles. The lowest BCUT2D eigenvalue weighted by Gasteiger charge is -2.58. The molecule has 0 aliphatic heterocycles. The third-order valence-corrected chi connectivity index (χ3v) is 8.55. The molecule has 31 heavy (non-hydrogen) atoms. The lowest BCUT2D eigenvalue weighted by Crippen LogP contribution is -2.60. The Balaban J connectivity index is 1.11. The lowest BCUT2D eigenvalue weighted by atomic mass is 9.53. The van der Waals surface area contributed by atoms with E-state index in [4.69, 9.17) is 25.0 Å². The number of benzene rings is 1. The van der Waals surface area contributed by atoms with E-state index < -0.39 is 5.79 Å². The highest BCUT2D eigenvalue weighted by molar-refractivity contribution is 5.29. The Morgan fingerprint density at radius 2 is 1.55 bits per heavy atom. The largest absolute Gasteiger partial charge is 0.494 e. The SMILES string of the molecule is COC1(OO[C@H]2CC[C@@H](c3ccc(OCCCN)cc3)CC2)C2CC3CC(C2)CC1C3. The van der Waals surface area contributed by atoms with Crippen LogP contribution in [0.5, 0.6) is 5.75 Å². The molecule has 5 heteroatoms. The van der Waals surface area contributed by atoms with Gasteiger partial charge in [-0.25, -0.2) is 9.78 Å². The first-order valence-corrected chi connectivity index (χ1v) is 12.5. The fraction of sp³-hybridized carbons (Fsp3) is 0.769. The van der Waals surface area contributed by atoms with Crippen molar-refractivity contribution < 1.29 is 19.2 Å². The first kappa shape index (κ1) is 21.7. The molecule has 1 aromatic carbocycles. The Bertz CT molecular complexity index is 685. The van der Waals surface area contributed by atoms with Gasteiger partial charge in [0.15, 0.2) is 0 Å². The van der Waals surface area contributed by atoms with E-state index in [-0.39, 0.29) is 6.10 Å². The van der Waals surface area contributed by atoms with Gasteiger partial charge in [-0.2, -0.15) is 0 Å². The maximum atomic E-state index is 6.25. The van der Waals surface area contributed by atoms with Crippen molar-refractivity contribution in [3.8, 4) is 5.75 Å². The molecular formula is C26H39NO4. The van der Waals surface area contributed by atoms with Gasteiger partial charge in [-0.1, -0.05) is 12.1 Å². The minimum Gasteiger partial charge on any atom is -0.494 e. The standard InChI is InChI=1S/C26H39NO4/c1-28-26(22-14-18-13-19(16-22)17-23(26)15-18)31-30-25-9-5-21(6-10-25)20-3-7-24(8-4-20)29-12-2-11-27/h3-4,7-8,18-19,21-23,25H,2,5-6,9-17,27H2,1H3/t18?,19?,21-,22?,23?,25+,26?. The second-order valence-corrected chi connectivity index (χ2v) is 10.4. The number of nitrogens with two attached hydrogens (primary N) is 1. The lowest BCUT2D eigenvalue weighted by molar-refractivity contribution is -0.485. The topological polar surface area (TPSA) is 62.9 Å². The number of hydrogen-bond donors (Lipinski definition) is 1. The molecule has 5 nitrogen and oxygen atoms in total. The summed E-state index contributed by atoms with van der Waals surface area (Å²) in [4.78, 5) is 12.4. The Hall–Kier alpha value is -1.14. The summed E-state index contributed by atoms with van der Waals surface area (Å²) in [7, 11) is 1.83. The average molecular weight is 430 g/mol. The summed E-state index contributed by atoms with van der Waals surface area (Å²) < 4.78 is 11.8. The second-order valence-electron chi connectivity index (χ2n) is 10.4. The summed E-state index contributed by atoms with van der Waals surface area (Å²) in [5, 5.41) is 0. The van der Waals surface area contributed by atoms with Crippen LogP contribution in [0.4, 0.5) is 0 Å². The summed E-state index contributed by atoms with van der Waals surface area (Å²) in [6.45, 7) is 1.35. The fourth-order valence-corrected chi connectivity index (χ4v) is 7.09. The molecule has 1 aromatic rings. The van der Waals surface area contributed by atoms with E-state index in [1.165, 1.54) is 37.7 Å². The van der Waals surface area contributed by atoms with Crippen molar-refractivity contribution in [2.45, 2.75) is 82.0 Å². The Morgan fingerprint density at radius 3 is 2.13 bits per heavy atom. The normalized spacial score (nSPS) is 39.0. The van der Waals surface area contributed by atoms with Crippen LogP contribution < -0.4 is 10.5 Å². The Kier molecular flexibility index (Phi) is 6.57. The van der Waals surface area contributed by atoms with Crippen molar-refractivity contribution >= 4 is 0 Å². The third-order valence-electron chi connectivity index (χ3n) is 8.55. The number of methoxy groups -OCH3 is 1. The summed E-state index contributed by atoms with van der Waals surface area (Å²) in [6, 6.07) is 8.61. The summed E-state index contributed by atoms with van der Waals surface area (Å²) in [5.41, 5.74) is 6.93. The third kappa shape index (κ3) is 4.39. The highest BCUT2D eigenvalue weighted by atomic mass is 17.2. The quantitative estimate of drug-likeness (QED) is 0.253. The zero-order chi connectivity index (χ0) is 21.3. The van der Waals surface area contributed by atoms with Crippen molar-refractivity contribution in [3.63, 3.8) is 0 Å². The molecule has 0 amide bonds. The van der Waals surface area contributed by atoms with Crippen LogP contribution in [0.2, 0.25) is 0 Å². The molecule has 0 heterocycles. The van der Waals surface area contributed by atoms with E-state index in [1.807, 2.05) is 7.11 Å². The molecule has 0 radical (unpaired) electrons. The van der Waals surface area contributed by atoms with Crippen LogP contribution in [-0.4, -0.2) is 32.2 Å². The van der Waals surface area contributed by atoms with Gasteiger partial charge in [0.25, 0.3) is 0 Å². The Labute approximate surface area is 186 Å². The molecule has 0 atom stereocenters. The number of rotatable bonds is 9. The van der Waals surface area contributed by atoms with Crippen molar-refractivity contribution in [2.75, 3.05) is 20.3 Å². The van der Waals surface area contributed by atoms with Crippen LogP contribution in [0.25, 0.3) is 0 Å². The summed E-state index contributed by atoms with van der Waals surface area (Å²) in [6.07, 6.45) is 11.9. The van der Waals surface area contributed by atoms with Gasteiger partial charge in [-0.05, 0) is 106 Å². The molecule has 172 valence electrons. The van der Waals surface area contributed by atoms with E-state index in [0.717, 1.165) is 49.7 Å². The molecule has 5 fully saturated rings. The molecule has 6 rings (SSSR count). The summed E-state index contributed by atoms with van der Waals surface area (Å²) >= 11 is 0. The molecule has 2 N–H and O–H groups in total. The maximum Gasteiger partial charge on any atom is 0.207 e. The maximum absolute atomic E-state index is 6.25. The second kappa shape index (κ2) is 9.38. The molecule has 5 saturated carbocycles. The van der Waals surface area contributed by atoms with Crippen LogP contribution in [0.1, 0.15) is 75.7 Å². The molecule has 0 saturated heterocycles. The van der Waals surface area contributed by atoms with Crippen LogP contribution in [0, 0.1) is 23.7 Å². The van der Waals surface area contributed by atoms with Crippen molar-refractivity contribution in [1.82, 2.24) is 0 Å². The predicted molar refractivity (Wildman–Crippen MR) is 120 cm³/mol. The van der Waals surface area contributed by atoms with E-state index in [2.05, 4.69) is 24.3 Å². The van der Waals surface area contributed by atoms with Gasteiger partial charge in [0, 0.05) is 18.9 Å². The first-order valence-electron chi connectivity index (χ1n) is 12.5. The van der Waals surface area contributed by atoms with Gasteiger partial charge >= 0.3 is 0 Å². The van der Waals surface area contributed by atoms with Gasteiger partial charge in [-0.3, -0.25) is 0 Å². The smallest absolute Gasteiger partial charge is 0.207 e. The fourth-order valence-electron chi connectivity index (χ4n) is 7.09. The van der Waals surface area contributed by atoms with Gasteiger partial charge in [0.05, 0.1) is 12.7 Å². The molecule has 0 aromatic heterocycles. The highest BCUT2D eigenvalue weighted by Gasteiger charge is 2.60. The minimum absolute atomic E-state index is 0.180.